The molecule has 2 N–H and O–H groups in total. The molecule has 1 fully saturated rings. The summed E-state index contributed by atoms with van der Waals surface area (Å²) in [6.07, 6.45) is 5.31. The third-order valence-corrected chi connectivity index (χ3v) is 3.65. The van der Waals surface area contributed by atoms with Gasteiger partial charge >= 0.3 is 0 Å². The zero-order chi connectivity index (χ0) is 14.7. The van der Waals surface area contributed by atoms with Crippen LogP contribution in [-0.2, 0) is 6.54 Å². The van der Waals surface area contributed by atoms with Crippen LogP contribution in [0.15, 0.2) is 0 Å². The zero-order valence-electron chi connectivity index (χ0n) is 12.1. The zero-order valence-corrected chi connectivity index (χ0v) is 12.1. The fraction of sp³-hybridized carbons (Fsp3) is 0.571. The molecule has 1 aromatic rings. The Morgan fingerprint density at radius 1 is 1.40 bits per heavy atom. The van der Waals surface area contributed by atoms with Gasteiger partial charge in [0.1, 0.15) is 5.69 Å². The van der Waals surface area contributed by atoms with Gasteiger partial charge in [-0.15, -0.1) is 6.42 Å². The van der Waals surface area contributed by atoms with Gasteiger partial charge in [-0.3, -0.25) is 14.4 Å². The van der Waals surface area contributed by atoms with Crippen molar-refractivity contribution >= 4 is 11.6 Å². The van der Waals surface area contributed by atoms with Crippen LogP contribution in [0, 0.1) is 19.3 Å². The molecule has 1 saturated heterocycles. The van der Waals surface area contributed by atoms with Gasteiger partial charge in [0.25, 0.3) is 5.91 Å². The quantitative estimate of drug-likeness (QED) is 0.799. The molecule has 0 radical (unpaired) electrons. The lowest BCUT2D eigenvalue weighted by Crippen LogP contribution is -2.49. The van der Waals surface area contributed by atoms with Crippen molar-refractivity contribution < 1.29 is 4.79 Å². The Kier molecular flexibility index (Phi) is 4.30. The maximum absolute atomic E-state index is 12.6. The summed E-state index contributed by atoms with van der Waals surface area (Å²) >= 11 is 0. The third kappa shape index (κ3) is 2.63. The number of nitrogen functional groups attached to an aromatic ring is 1. The maximum Gasteiger partial charge on any atom is 0.274 e. The van der Waals surface area contributed by atoms with Crippen LogP contribution in [0.1, 0.15) is 23.1 Å². The van der Waals surface area contributed by atoms with Crippen molar-refractivity contribution in [2.75, 3.05) is 38.5 Å². The number of hydrogen-bond acceptors (Lipinski definition) is 4. The molecule has 0 saturated carbocycles. The van der Waals surface area contributed by atoms with Crippen molar-refractivity contribution in [3.05, 3.63) is 11.4 Å². The summed E-state index contributed by atoms with van der Waals surface area (Å²) in [5.74, 6) is 2.60. The van der Waals surface area contributed by atoms with E-state index in [4.69, 9.17) is 12.2 Å². The number of terminal acetylenes is 1. The molecule has 6 heteroatoms. The van der Waals surface area contributed by atoms with Crippen LogP contribution in [0.5, 0.6) is 0 Å². The van der Waals surface area contributed by atoms with Crippen LogP contribution >= 0.6 is 0 Å². The number of amides is 1. The molecule has 0 spiro atoms. The predicted octanol–water partition coefficient (Wildman–Crippen LogP) is 0.185. The molecule has 0 unspecified atom stereocenters. The van der Waals surface area contributed by atoms with E-state index < -0.39 is 0 Å². The highest BCUT2D eigenvalue weighted by atomic mass is 16.2. The van der Waals surface area contributed by atoms with Crippen LogP contribution in [-0.4, -0.2) is 58.2 Å². The number of nitrogens with two attached hydrogens (primary N) is 1. The van der Waals surface area contributed by atoms with E-state index in [-0.39, 0.29) is 5.91 Å². The molecule has 6 nitrogen and oxygen atoms in total. The second-order valence-electron chi connectivity index (χ2n) is 4.94. The van der Waals surface area contributed by atoms with Gasteiger partial charge in [0.05, 0.1) is 17.9 Å². The Balaban J connectivity index is 2.12. The highest BCUT2D eigenvalue weighted by Gasteiger charge is 2.27. The van der Waals surface area contributed by atoms with Gasteiger partial charge in [0.15, 0.2) is 0 Å². The SMILES string of the molecule is C#CCN1CCN(C(=O)c2c(N)c(C)nn2CC)CC1. The Bertz CT molecular complexity index is 534. The fourth-order valence-electron chi connectivity index (χ4n) is 2.44. The Labute approximate surface area is 119 Å². The van der Waals surface area contributed by atoms with Gasteiger partial charge in [-0.1, -0.05) is 5.92 Å². The largest absolute Gasteiger partial charge is 0.395 e. The molecular formula is C14H21N5O. The van der Waals surface area contributed by atoms with E-state index in [0.29, 0.717) is 43.3 Å². The smallest absolute Gasteiger partial charge is 0.274 e. The number of aromatic nitrogens is 2. The van der Waals surface area contributed by atoms with Crippen LogP contribution in [0.25, 0.3) is 0 Å². The molecule has 0 atom stereocenters. The van der Waals surface area contributed by atoms with Crippen LogP contribution in [0.2, 0.25) is 0 Å². The monoisotopic (exact) mass is 275 g/mol. The average molecular weight is 275 g/mol. The van der Waals surface area contributed by atoms with Crippen LogP contribution in [0.4, 0.5) is 5.69 Å². The second-order valence-corrected chi connectivity index (χ2v) is 4.94. The standard InChI is InChI=1S/C14H21N5O/c1-4-6-17-7-9-18(10-8-17)14(20)13-12(15)11(3)16-19(13)5-2/h1H,5-10,15H2,2-3H3. The summed E-state index contributed by atoms with van der Waals surface area (Å²) < 4.78 is 1.68. The topological polar surface area (TPSA) is 67.4 Å². The summed E-state index contributed by atoms with van der Waals surface area (Å²) in [5.41, 5.74) is 7.70. The number of nitrogens with zero attached hydrogens (tertiary/aromatic N) is 4. The minimum atomic E-state index is -0.0368. The Morgan fingerprint density at radius 3 is 2.60 bits per heavy atom. The number of aryl methyl sites for hydroxylation is 2. The van der Waals surface area contributed by atoms with E-state index in [1.54, 1.807) is 4.68 Å². The molecule has 1 aliphatic rings. The van der Waals surface area contributed by atoms with E-state index in [2.05, 4.69) is 15.9 Å². The predicted molar refractivity (Wildman–Crippen MR) is 78.2 cm³/mol. The molecule has 1 aromatic heterocycles. The first-order valence-electron chi connectivity index (χ1n) is 6.86. The number of piperazine rings is 1. The number of hydrogen-bond donors (Lipinski definition) is 1. The molecule has 1 amide bonds. The van der Waals surface area contributed by atoms with Gasteiger partial charge in [0, 0.05) is 32.7 Å². The van der Waals surface area contributed by atoms with Gasteiger partial charge in [0.2, 0.25) is 0 Å². The molecule has 108 valence electrons. The minimum Gasteiger partial charge on any atom is -0.395 e. The Morgan fingerprint density at radius 2 is 2.05 bits per heavy atom. The molecule has 2 rings (SSSR count). The van der Waals surface area contributed by atoms with E-state index in [9.17, 15) is 4.79 Å². The van der Waals surface area contributed by atoms with Crippen molar-refractivity contribution in [3.8, 4) is 12.3 Å². The third-order valence-electron chi connectivity index (χ3n) is 3.65. The van der Waals surface area contributed by atoms with Crippen LogP contribution in [0.3, 0.4) is 0 Å². The number of carbonyl (C=O) groups is 1. The Hall–Kier alpha value is -2.00. The van der Waals surface area contributed by atoms with Gasteiger partial charge in [-0.25, -0.2) is 0 Å². The van der Waals surface area contributed by atoms with Crippen molar-refractivity contribution in [1.29, 1.82) is 0 Å². The minimum absolute atomic E-state index is 0.0368. The van der Waals surface area contributed by atoms with Crippen molar-refractivity contribution in [2.45, 2.75) is 20.4 Å². The van der Waals surface area contributed by atoms with E-state index in [1.165, 1.54) is 0 Å². The summed E-state index contributed by atoms with van der Waals surface area (Å²) in [4.78, 5) is 16.6. The first-order chi connectivity index (χ1) is 9.58. The highest BCUT2D eigenvalue weighted by Crippen LogP contribution is 2.19. The van der Waals surface area contributed by atoms with E-state index in [1.807, 2.05) is 18.7 Å². The maximum atomic E-state index is 12.6. The summed E-state index contributed by atoms with van der Waals surface area (Å²) in [5, 5.41) is 4.30. The highest BCUT2D eigenvalue weighted by molar-refractivity contribution is 5.98. The van der Waals surface area contributed by atoms with Gasteiger partial charge in [-0.05, 0) is 13.8 Å². The molecule has 20 heavy (non-hydrogen) atoms. The molecule has 0 bridgehead atoms. The number of carbonyl (C=O) groups excluding carboxylic acids is 1. The van der Waals surface area contributed by atoms with Gasteiger partial charge in [-0.2, -0.15) is 5.10 Å². The van der Waals surface area contributed by atoms with Crippen molar-refractivity contribution in [3.63, 3.8) is 0 Å². The number of rotatable bonds is 3. The first-order valence-corrected chi connectivity index (χ1v) is 6.86. The van der Waals surface area contributed by atoms with E-state index in [0.717, 1.165) is 13.1 Å². The lowest BCUT2D eigenvalue weighted by Gasteiger charge is -2.33. The number of anilines is 1. The molecule has 0 aromatic carbocycles. The van der Waals surface area contributed by atoms with Crippen molar-refractivity contribution in [1.82, 2.24) is 19.6 Å². The molecule has 1 aliphatic heterocycles. The summed E-state index contributed by atoms with van der Waals surface area (Å²) in [6, 6.07) is 0. The average Bonchev–Trinajstić information content (AvgIpc) is 2.75. The molecular weight excluding hydrogens is 254 g/mol. The molecule has 2 heterocycles. The summed E-state index contributed by atoms with van der Waals surface area (Å²) in [7, 11) is 0. The van der Waals surface area contributed by atoms with Crippen molar-refractivity contribution in [2.24, 2.45) is 0 Å². The fourth-order valence-corrected chi connectivity index (χ4v) is 2.44. The normalized spacial score (nSPS) is 16.1. The van der Waals surface area contributed by atoms with Gasteiger partial charge < -0.3 is 10.6 Å². The first kappa shape index (κ1) is 14.4. The lowest BCUT2D eigenvalue weighted by atomic mass is 10.2. The van der Waals surface area contributed by atoms with E-state index >= 15 is 0 Å². The molecule has 0 aliphatic carbocycles. The summed E-state index contributed by atoms with van der Waals surface area (Å²) in [6.45, 7) is 7.99. The lowest BCUT2D eigenvalue weighted by molar-refractivity contribution is 0.0641. The van der Waals surface area contributed by atoms with Crippen LogP contribution < -0.4 is 5.73 Å². The second kappa shape index (κ2) is 5.97.